The molecule has 2 atom stereocenters. The van der Waals surface area contributed by atoms with Gasteiger partial charge in [0.2, 0.25) is 0 Å². The molecule has 1 fully saturated rings. The van der Waals surface area contributed by atoms with Crippen molar-refractivity contribution in [1.29, 1.82) is 0 Å². The fraction of sp³-hybridized carbons (Fsp3) is 0.917. The molecule has 0 aromatic rings. The number of aliphatic carboxylic acids is 1. The summed E-state index contributed by atoms with van der Waals surface area (Å²) in [5.41, 5.74) is -0.778. The van der Waals surface area contributed by atoms with Crippen LogP contribution in [0.5, 0.6) is 0 Å². The van der Waals surface area contributed by atoms with Crippen LogP contribution >= 0.6 is 0 Å². The molecule has 0 saturated carbocycles. The molecule has 1 aliphatic rings. The van der Waals surface area contributed by atoms with E-state index in [1.807, 2.05) is 6.92 Å². The van der Waals surface area contributed by atoms with Crippen molar-refractivity contribution in [3.63, 3.8) is 0 Å². The van der Waals surface area contributed by atoms with Gasteiger partial charge in [0.1, 0.15) is 5.54 Å². The van der Waals surface area contributed by atoms with E-state index in [-0.39, 0.29) is 12.6 Å². The molecule has 0 aromatic heterocycles. The van der Waals surface area contributed by atoms with Crippen molar-refractivity contribution < 1.29 is 15.0 Å². The molecule has 1 heterocycles. The van der Waals surface area contributed by atoms with Crippen LogP contribution in [0, 0.1) is 0 Å². The van der Waals surface area contributed by atoms with Gasteiger partial charge in [-0.2, -0.15) is 0 Å². The normalized spacial score (nSPS) is 26.3. The van der Waals surface area contributed by atoms with E-state index in [9.17, 15) is 9.90 Å². The van der Waals surface area contributed by atoms with Crippen LogP contribution in [0.4, 0.5) is 0 Å². The van der Waals surface area contributed by atoms with E-state index in [1.54, 1.807) is 6.92 Å². The number of rotatable bonds is 5. The molecule has 4 heteroatoms. The lowest BCUT2D eigenvalue weighted by Crippen LogP contribution is -2.58. The van der Waals surface area contributed by atoms with Gasteiger partial charge in [-0.05, 0) is 39.2 Å². The van der Waals surface area contributed by atoms with Crippen molar-refractivity contribution >= 4 is 5.97 Å². The quantitative estimate of drug-likeness (QED) is 0.749. The summed E-state index contributed by atoms with van der Waals surface area (Å²) in [5.74, 6) is -0.750. The maximum Gasteiger partial charge on any atom is 0.323 e. The van der Waals surface area contributed by atoms with Gasteiger partial charge in [0.15, 0.2) is 0 Å². The Morgan fingerprint density at radius 1 is 1.50 bits per heavy atom. The molecule has 1 aliphatic heterocycles. The van der Waals surface area contributed by atoms with Gasteiger partial charge in [0.25, 0.3) is 0 Å². The first-order valence-corrected chi connectivity index (χ1v) is 6.17. The summed E-state index contributed by atoms with van der Waals surface area (Å²) in [6.07, 6.45) is 4.49. The van der Waals surface area contributed by atoms with Crippen LogP contribution < -0.4 is 0 Å². The zero-order valence-corrected chi connectivity index (χ0v) is 10.3. The number of aliphatic hydroxyl groups excluding tert-OH is 1. The molecule has 16 heavy (non-hydrogen) atoms. The Morgan fingerprint density at radius 2 is 2.19 bits per heavy atom. The topological polar surface area (TPSA) is 60.8 Å². The summed E-state index contributed by atoms with van der Waals surface area (Å²) in [4.78, 5) is 13.5. The van der Waals surface area contributed by atoms with Gasteiger partial charge >= 0.3 is 5.97 Å². The van der Waals surface area contributed by atoms with E-state index in [4.69, 9.17) is 5.11 Å². The van der Waals surface area contributed by atoms with Crippen molar-refractivity contribution in [2.45, 2.75) is 57.5 Å². The molecule has 2 N–H and O–H groups in total. The molecule has 0 amide bonds. The summed E-state index contributed by atoms with van der Waals surface area (Å²) in [6.45, 7) is 4.69. The molecule has 2 unspecified atom stereocenters. The van der Waals surface area contributed by atoms with E-state index in [2.05, 4.69) is 4.90 Å². The summed E-state index contributed by atoms with van der Waals surface area (Å²) in [6, 6.07) is 0.222. The third-order valence-electron chi connectivity index (χ3n) is 3.87. The standard InChI is InChI=1S/C12H23NO3/c1-3-12(2,11(15)16)13-8-5-4-6-10(13)7-9-14/h10,14H,3-9H2,1-2H3,(H,15,16). The van der Waals surface area contributed by atoms with Crippen molar-refractivity contribution in [3.8, 4) is 0 Å². The van der Waals surface area contributed by atoms with Gasteiger partial charge in [0.05, 0.1) is 0 Å². The molecule has 94 valence electrons. The molecule has 0 spiro atoms. The Morgan fingerprint density at radius 3 is 2.69 bits per heavy atom. The highest BCUT2D eigenvalue weighted by Crippen LogP contribution is 2.30. The number of hydrogen-bond acceptors (Lipinski definition) is 3. The zero-order valence-electron chi connectivity index (χ0n) is 10.3. The minimum absolute atomic E-state index is 0.139. The molecular weight excluding hydrogens is 206 g/mol. The van der Waals surface area contributed by atoms with Crippen molar-refractivity contribution in [3.05, 3.63) is 0 Å². The Hall–Kier alpha value is -0.610. The first kappa shape index (κ1) is 13.5. The van der Waals surface area contributed by atoms with Gasteiger partial charge in [-0.25, -0.2) is 0 Å². The van der Waals surface area contributed by atoms with Gasteiger partial charge in [-0.3, -0.25) is 9.69 Å². The Labute approximate surface area is 97.3 Å². The molecule has 1 rings (SSSR count). The largest absolute Gasteiger partial charge is 0.480 e. The van der Waals surface area contributed by atoms with Crippen LogP contribution in [0.3, 0.4) is 0 Å². The van der Waals surface area contributed by atoms with Gasteiger partial charge in [-0.1, -0.05) is 13.3 Å². The molecule has 0 radical (unpaired) electrons. The van der Waals surface area contributed by atoms with Crippen LogP contribution in [0.25, 0.3) is 0 Å². The molecule has 0 aliphatic carbocycles. The number of nitrogens with zero attached hydrogens (tertiary/aromatic N) is 1. The number of aliphatic hydroxyl groups is 1. The summed E-state index contributed by atoms with van der Waals surface area (Å²) >= 11 is 0. The second-order valence-electron chi connectivity index (χ2n) is 4.79. The van der Waals surface area contributed by atoms with Gasteiger partial charge in [0, 0.05) is 12.6 Å². The molecule has 1 saturated heterocycles. The van der Waals surface area contributed by atoms with Crippen LogP contribution in [-0.4, -0.2) is 45.8 Å². The first-order valence-electron chi connectivity index (χ1n) is 6.17. The second kappa shape index (κ2) is 5.64. The minimum atomic E-state index is -0.778. The summed E-state index contributed by atoms with van der Waals surface area (Å²) < 4.78 is 0. The van der Waals surface area contributed by atoms with Crippen molar-refractivity contribution in [2.24, 2.45) is 0 Å². The predicted molar refractivity (Wildman–Crippen MR) is 62.4 cm³/mol. The molecule has 0 bridgehead atoms. The molecule has 4 nitrogen and oxygen atoms in total. The fourth-order valence-corrected chi connectivity index (χ4v) is 2.58. The monoisotopic (exact) mass is 229 g/mol. The van der Waals surface area contributed by atoms with Crippen LogP contribution in [0.1, 0.15) is 46.0 Å². The van der Waals surface area contributed by atoms with Crippen LogP contribution in [0.15, 0.2) is 0 Å². The third-order valence-corrected chi connectivity index (χ3v) is 3.87. The number of hydrogen-bond donors (Lipinski definition) is 2. The second-order valence-corrected chi connectivity index (χ2v) is 4.79. The van der Waals surface area contributed by atoms with E-state index < -0.39 is 11.5 Å². The van der Waals surface area contributed by atoms with Gasteiger partial charge in [-0.15, -0.1) is 0 Å². The van der Waals surface area contributed by atoms with E-state index in [0.29, 0.717) is 12.8 Å². The fourth-order valence-electron chi connectivity index (χ4n) is 2.58. The maximum atomic E-state index is 11.4. The third kappa shape index (κ3) is 2.55. The van der Waals surface area contributed by atoms with Crippen LogP contribution in [0.2, 0.25) is 0 Å². The lowest BCUT2D eigenvalue weighted by atomic mass is 9.88. The van der Waals surface area contributed by atoms with Crippen molar-refractivity contribution in [1.82, 2.24) is 4.90 Å². The predicted octanol–water partition coefficient (Wildman–Crippen LogP) is 1.48. The first-order chi connectivity index (χ1) is 7.56. The Kier molecular flexibility index (Phi) is 4.74. The van der Waals surface area contributed by atoms with Crippen molar-refractivity contribution in [2.75, 3.05) is 13.2 Å². The minimum Gasteiger partial charge on any atom is -0.480 e. The Bertz CT molecular complexity index is 242. The highest BCUT2D eigenvalue weighted by molar-refractivity contribution is 5.78. The number of piperidine rings is 1. The number of carboxylic acid groups (broad SMARTS) is 1. The smallest absolute Gasteiger partial charge is 0.323 e. The maximum absolute atomic E-state index is 11.4. The number of likely N-dealkylation sites (tertiary alicyclic amines) is 1. The number of carbonyl (C=O) groups is 1. The SMILES string of the molecule is CCC(C)(C(=O)O)N1CCCCC1CCO. The lowest BCUT2D eigenvalue weighted by molar-refractivity contribution is -0.154. The average Bonchev–Trinajstić information content (AvgIpc) is 2.29. The average molecular weight is 229 g/mol. The van der Waals surface area contributed by atoms with E-state index in [1.165, 1.54) is 0 Å². The van der Waals surface area contributed by atoms with Crippen LogP contribution in [-0.2, 0) is 4.79 Å². The summed E-state index contributed by atoms with van der Waals surface area (Å²) in [5, 5.41) is 18.4. The zero-order chi connectivity index (χ0) is 12.2. The Balaban J connectivity index is 2.83. The lowest BCUT2D eigenvalue weighted by Gasteiger charge is -2.45. The molecular formula is C12H23NO3. The van der Waals surface area contributed by atoms with E-state index in [0.717, 1.165) is 25.8 Å². The highest BCUT2D eigenvalue weighted by atomic mass is 16.4. The van der Waals surface area contributed by atoms with Gasteiger partial charge < -0.3 is 10.2 Å². The summed E-state index contributed by atoms with van der Waals surface area (Å²) in [7, 11) is 0. The highest BCUT2D eigenvalue weighted by Gasteiger charge is 2.42. The molecule has 0 aromatic carbocycles. The van der Waals surface area contributed by atoms with E-state index >= 15 is 0 Å². The number of carboxylic acids is 1.